The molecule has 736 valence electrons. The number of carbonyl (C=O) groups is 17. The third-order valence-corrected chi connectivity index (χ3v) is 25.2. The highest BCUT2D eigenvalue weighted by atomic mass is 32.2. The Bertz CT molecular complexity index is 3820. The number of hydrogen-bond acceptors (Lipinski definition) is 28. The van der Waals surface area contributed by atoms with E-state index in [0.29, 0.717) is 74.2 Å². The van der Waals surface area contributed by atoms with Crippen molar-refractivity contribution in [2.24, 2.45) is 40.9 Å². The summed E-state index contributed by atoms with van der Waals surface area (Å²) < 4.78 is 0. The van der Waals surface area contributed by atoms with Crippen LogP contribution in [0.3, 0.4) is 0 Å². The highest BCUT2D eigenvalue weighted by Crippen LogP contribution is 2.25. The minimum Gasteiger partial charge on any atom is -0.480 e. The van der Waals surface area contributed by atoms with Gasteiger partial charge in [-0.05, 0) is 175 Å². The molecule has 45 heteroatoms. The minimum atomic E-state index is -1.69. The van der Waals surface area contributed by atoms with Gasteiger partial charge in [-0.25, -0.2) is 4.79 Å². The van der Waals surface area contributed by atoms with Gasteiger partial charge in [0.15, 0.2) is 0 Å². The quantitative estimate of drug-likeness (QED) is 0.0228. The van der Waals surface area contributed by atoms with Crippen LogP contribution in [0.1, 0.15) is 170 Å². The van der Waals surface area contributed by atoms with E-state index in [1.54, 1.807) is 98.2 Å². The van der Waals surface area contributed by atoms with Crippen molar-refractivity contribution in [2.75, 3.05) is 93.5 Å². The fourth-order valence-electron chi connectivity index (χ4n) is 14.5. The summed E-state index contributed by atoms with van der Waals surface area (Å²) in [5, 5.41) is 77.2. The molecule has 0 aromatic heterocycles. The van der Waals surface area contributed by atoms with E-state index in [9.17, 15) is 102 Å². The minimum absolute atomic E-state index is 0.00892. The zero-order valence-electron chi connectivity index (χ0n) is 76.7. The summed E-state index contributed by atoms with van der Waals surface area (Å²) in [6.45, 7) is 12.0. The Balaban J connectivity index is 1.84. The van der Waals surface area contributed by atoms with Gasteiger partial charge in [0.2, 0.25) is 94.5 Å². The predicted octanol–water partition coefficient (Wildman–Crippen LogP) is -3.05. The third-order valence-electron chi connectivity index (χ3n) is 22.5. The van der Waals surface area contributed by atoms with Crippen molar-refractivity contribution in [3.05, 3.63) is 35.9 Å². The maximum atomic E-state index is 15.0. The maximum absolute atomic E-state index is 15.0. The van der Waals surface area contributed by atoms with Gasteiger partial charge < -0.3 is 122 Å². The number of thioether (sulfide) groups is 3. The van der Waals surface area contributed by atoms with Crippen molar-refractivity contribution < 1.29 is 102 Å². The molecule has 2 fully saturated rings. The van der Waals surface area contributed by atoms with Crippen LogP contribution >= 0.6 is 60.5 Å². The number of unbranched alkanes of at least 4 members (excludes halogenated alkanes) is 2. The largest absolute Gasteiger partial charge is 0.480 e. The topological polar surface area (TPSA) is 624 Å². The summed E-state index contributed by atoms with van der Waals surface area (Å²) in [6, 6.07) is -14.2. The molecule has 3 rings (SSSR count). The van der Waals surface area contributed by atoms with Crippen molar-refractivity contribution in [3.8, 4) is 0 Å². The second-order valence-corrected chi connectivity index (χ2v) is 37.3. The number of carbonyl (C=O) groups excluding carboxylic acids is 16. The van der Waals surface area contributed by atoms with Crippen LogP contribution in [0.5, 0.6) is 0 Å². The number of carboxylic acid groups (broad SMARTS) is 1. The third kappa shape index (κ3) is 39.1. The first-order valence-corrected chi connectivity index (χ1v) is 50.1. The summed E-state index contributed by atoms with van der Waals surface area (Å²) in [7, 11) is 0. The number of aliphatic carboxylic acids is 1. The molecule has 2 saturated heterocycles. The molecule has 1 aromatic carbocycles. The Morgan fingerprint density at radius 1 is 0.400 bits per heavy atom. The van der Waals surface area contributed by atoms with Crippen molar-refractivity contribution >= 4 is 161 Å². The standard InChI is InChI=1S/C85H145N19O21S5/c1-12-49(7)67(82(121)92-56(30-37-129-10)73(112)99-63(45-126)79(118)90-53(25-17-19-32-86)70(109)91-55(29-36-128-9)72(111)95-58(39-47(3)4)74(113)97-61(43-106)77(116)89-54(26-18-20-33-87)71(110)100-64(46-127)85(124)125)101-81(120)66-28-22-35-104(66)84(123)68(50(8)13-2)102-78(117)62(44-107)98-75(114)59(40-48(5)6)96-80(119)65-27-21-34-103(65)83(122)57(31-38-130-11)93-76(115)60(94-69(108)52(88)42-105)41-51-23-15-14-16-24-51/h14-16,23-24,47-50,52-68,105-107,126-127H,12-13,17-22,25-46,86-88H2,1-11H3,(H,89,116)(H,90,118)(H,91,109)(H,92,121)(H,93,115)(H,94,108)(H,95,111)(H,96,119)(H,97,113)(H,98,114)(H,99,112)(H,100,110)(H,101,120)(H,102,117)(H,124,125)/t49-,50-,52-,53-,54-,55-,56-,57-,58-,59-,60-,61-,62-,63-,64-,65-,66-,67-,68-/m0/s1. The van der Waals surface area contributed by atoms with Gasteiger partial charge in [-0.2, -0.15) is 60.5 Å². The Morgan fingerprint density at radius 2 is 0.746 bits per heavy atom. The Labute approximate surface area is 786 Å². The van der Waals surface area contributed by atoms with Crippen LogP contribution in [-0.4, -0.2) is 327 Å². The van der Waals surface area contributed by atoms with E-state index in [0.717, 1.165) is 0 Å². The second-order valence-electron chi connectivity index (χ2n) is 33.6. The van der Waals surface area contributed by atoms with Crippen molar-refractivity contribution in [2.45, 2.75) is 274 Å². The van der Waals surface area contributed by atoms with E-state index in [-0.39, 0.29) is 114 Å². The molecule has 2 aliphatic rings. The van der Waals surface area contributed by atoms with Gasteiger partial charge in [0.05, 0.1) is 19.8 Å². The molecule has 0 saturated carbocycles. The molecule has 40 nitrogen and oxygen atoms in total. The molecule has 0 unspecified atom stereocenters. The average Bonchev–Trinajstić information content (AvgIpc) is 1.63. The van der Waals surface area contributed by atoms with Crippen LogP contribution in [0.15, 0.2) is 30.3 Å². The average molecular weight is 1930 g/mol. The van der Waals surface area contributed by atoms with E-state index in [4.69, 9.17) is 17.2 Å². The van der Waals surface area contributed by atoms with Gasteiger partial charge in [0.1, 0.15) is 103 Å². The highest BCUT2D eigenvalue weighted by molar-refractivity contribution is 7.99. The summed E-state index contributed by atoms with van der Waals surface area (Å²) >= 11 is 12.5. The number of amides is 16. The molecular weight excluding hydrogens is 1780 g/mol. The number of nitrogens with one attached hydrogen (secondary N) is 14. The molecular formula is C85H145N19O21S5. The first kappa shape index (κ1) is 116. The molecule has 16 amide bonds. The number of carboxylic acids is 1. The molecule has 19 atom stereocenters. The zero-order valence-corrected chi connectivity index (χ0v) is 80.9. The lowest BCUT2D eigenvalue weighted by Gasteiger charge is -2.33. The highest BCUT2D eigenvalue weighted by Gasteiger charge is 2.45. The Hall–Kier alpha value is -8.28. The van der Waals surface area contributed by atoms with Gasteiger partial charge in [-0.3, -0.25) is 76.7 Å². The predicted molar refractivity (Wildman–Crippen MR) is 504 cm³/mol. The zero-order chi connectivity index (χ0) is 97.4. The van der Waals surface area contributed by atoms with E-state index in [1.807, 2.05) is 6.26 Å². The summed E-state index contributed by atoms with van der Waals surface area (Å²) in [5.74, 6) is -15.7. The number of aliphatic hydroxyl groups is 3. The lowest BCUT2D eigenvalue weighted by molar-refractivity contribution is -0.144. The van der Waals surface area contributed by atoms with Crippen molar-refractivity contribution in [3.63, 3.8) is 0 Å². The lowest BCUT2D eigenvalue weighted by Crippen LogP contribution is -2.62. The van der Waals surface area contributed by atoms with Crippen molar-refractivity contribution in [1.29, 1.82) is 0 Å². The van der Waals surface area contributed by atoms with Gasteiger partial charge in [-0.1, -0.05) is 98.6 Å². The van der Waals surface area contributed by atoms with Crippen molar-refractivity contribution in [1.82, 2.24) is 84.2 Å². The van der Waals surface area contributed by atoms with E-state index < -0.39 is 235 Å². The summed E-state index contributed by atoms with van der Waals surface area (Å²) in [4.78, 5) is 243. The van der Waals surface area contributed by atoms with Gasteiger partial charge >= 0.3 is 5.97 Å². The smallest absolute Gasteiger partial charge is 0.327 e. The summed E-state index contributed by atoms with van der Waals surface area (Å²) in [5.41, 5.74) is 18.0. The molecule has 24 N–H and O–H groups in total. The summed E-state index contributed by atoms with van der Waals surface area (Å²) in [6.07, 6.45) is 8.63. The molecule has 0 radical (unpaired) electrons. The van der Waals surface area contributed by atoms with E-state index in [2.05, 4.69) is 99.7 Å². The first-order chi connectivity index (χ1) is 61.8. The second kappa shape index (κ2) is 62.2. The molecule has 1 aromatic rings. The first-order valence-electron chi connectivity index (χ1n) is 44.6. The van der Waals surface area contributed by atoms with Gasteiger partial charge in [-0.15, -0.1) is 0 Å². The molecule has 0 aliphatic carbocycles. The fourth-order valence-corrected chi connectivity index (χ4v) is 16.4. The number of likely N-dealkylation sites (tertiary alicyclic amines) is 2. The number of hydrogen-bond donors (Lipinski definition) is 23. The van der Waals surface area contributed by atoms with Crippen LogP contribution in [0.25, 0.3) is 0 Å². The van der Waals surface area contributed by atoms with Crippen LogP contribution in [-0.2, 0) is 87.9 Å². The number of nitrogens with two attached hydrogens (primary N) is 3. The SMILES string of the molecule is CC[C@H](C)[C@H](NC(=O)[C@@H]1CCCN1C(=O)[C@@H](NC(=O)[C@H](CO)NC(=O)[C@H](CC(C)C)NC(=O)[C@@H]1CCCN1C(=O)[C@H](CCSC)NC(=O)[C@H](Cc1ccccc1)NC(=O)[C@@H](N)CO)[C@@H](C)CC)C(=O)N[C@@H](CCSC)C(=O)N[C@@H](CS)C(=O)N[C@@H](CCCCN)C(=O)N[C@@H](CCSC)C(=O)N[C@@H](CC(C)C)C(=O)N[C@@H](CO)C(=O)N[C@@H](CCCCN)C(=O)N[C@@H](CS)C(=O)O. The molecule has 2 aliphatic heterocycles. The molecule has 0 bridgehead atoms. The fraction of sp³-hybridized carbons (Fsp3) is 0.729. The monoisotopic (exact) mass is 1930 g/mol. The van der Waals surface area contributed by atoms with Gasteiger partial charge in [0, 0.05) is 31.0 Å². The number of aliphatic hydroxyl groups excluding tert-OH is 3. The van der Waals surface area contributed by atoms with Crippen LogP contribution in [0.2, 0.25) is 0 Å². The molecule has 130 heavy (non-hydrogen) atoms. The Morgan fingerprint density at radius 3 is 1.17 bits per heavy atom. The maximum Gasteiger partial charge on any atom is 0.327 e. The molecule has 2 heterocycles. The van der Waals surface area contributed by atoms with Crippen LogP contribution in [0, 0.1) is 23.7 Å². The molecule has 0 spiro atoms. The van der Waals surface area contributed by atoms with E-state index in [1.165, 1.54) is 45.1 Å². The van der Waals surface area contributed by atoms with Crippen LogP contribution in [0.4, 0.5) is 0 Å². The number of benzene rings is 1. The number of rotatable bonds is 63. The number of thiol groups is 2. The van der Waals surface area contributed by atoms with E-state index >= 15 is 0 Å². The Kier molecular flexibility index (Phi) is 55.5. The lowest BCUT2D eigenvalue weighted by atomic mass is 9.96. The normalized spacial score (nSPS) is 17.7. The van der Waals surface area contributed by atoms with Crippen LogP contribution < -0.4 is 91.6 Å². The number of nitrogens with zero attached hydrogens (tertiary/aromatic N) is 2. The van der Waals surface area contributed by atoms with Gasteiger partial charge in [0.25, 0.3) is 0 Å².